The summed E-state index contributed by atoms with van der Waals surface area (Å²) in [5, 5.41) is 0. The van der Waals surface area contributed by atoms with Crippen molar-refractivity contribution in [1.82, 2.24) is 0 Å². The van der Waals surface area contributed by atoms with Gasteiger partial charge in [0.2, 0.25) is 0 Å². The van der Waals surface area contributed by atoms with Gasteiger partial charge in [0.25, 0.3) is 0 Å². The van der Waals surface area contributed by atoms with Crippen LogP contribution in [0.25, 0.3) is 0 Å². The summed E-state index contributed by atoms with van der Waals surface area (Å²) in [5.74, 6) is 0. The summed E-state index contributed by atoms with van der Waals surface area (Å²) in [6.45, 7) is 6.94. The Kier molecular flexibility index (Phi) is 5.19. The maximum absolute atomic E-state index is 2.53. The number of hydrogen-bond donors (Lipinski definition) is 0. The fourth-order valence-corrected chi connectivity index (χ4v) is 0. The largest absolute Gasteiger partial charge is 0 e. The molecule has 0 nitrogen and oxygen atoms in total. The van der Waals surface area contributed by atoms with Gasteiger partial charge in [-0.3, -0.25) is 0 Å². The van der Waals surface area contributed by atoms with Gasteiger partial charge in [0, 0.05) is 17.1 Å². The van der Waals surface area contributed by atoms with E-state index in [2.05, 4.69) is 64.1 Å². The summed E-state index contributed by atoms with van der Waals surface area (Å²) in [7, 11) is 0. The minimum Gasteiger partial charge on any atom is 0 e. The van der Waals surface area contributed by atoms with Crippen LogP contribution in [0.1, 0.15) is 0 Å². The molecule has 0 saturated heterocycles. The van der Waals surface area contributed by atoms with Gasteiger partial charge in [-0.1, -0.05) is 0 Å². The first kappa shape index (κ1) is 12.1. The second kappa shape index (κ2) is 3.00. The molecule has 0 spiro atoms. The summed E-state index contributed by atoms with van der Waals surface area (Å²) in [6.07, 6.45) is 0. The first-order chi connectivity index (χ1) is 2.24. The van der Waals surface area contributed by atoms with Crippen LogP contribution in [0.2, 0.25) is 0 Å². The van der Waals surface area contributed by atoms with Gasteiger partial charge < -0.3 is 0 Å². The van der Waals surface area contributed by atoms with E-state index < -0.39 is 1.89 Å². The Labute approximate surface area is 81.9 Å². The molecule has 0 N–H and O–H groups in total. The van der Waals surface area contributed by atoms with Crippen molar-refractivity contribution in [2.75, 3.05) is 20.0 Å². The Hall–Kier alpha value is 2.41. The van der Waals surface area contributed by atoms with Gasteiger partial charge in [0.05, 0.1) is 0 Å². The fourth-order valence-electron chi connectivity index (χ4n) is 0. The average molecular weight is 385 g/mol. The molecule has 0 aromatic carbocycles. The predicted molar refractivity (Wildman–Crippen MR) is 52.7 cm³/mol. The van der Waals surface area contributed by atoms with Crippen LogP contribution in [-0.2, 0) is 17.1 Å². The van der Waals surface area contributed by atoms with Crippen LogP contribution in [0.5, 0.6) is 0 Å². The van der Waals surface area contributed by atoms with Crippen LogP contribution in [-0.4, -0.2) is 20.0 Å². The van der Waals surface area contributed by atoms with E-state index >= 15 is 0 Å². The van der Waals surface area contributed by atoms with Crippen molar-refractivity contribution in [2.45, 2.75) is 0 Å². The van der Waals surface area contributed by atoms with E-state index in [0.717, 1.165) is 0 Å². The van der Waals surface area contributed by atoms with Crippen molar-refractivity contribution in [1.29, 1.82) is 0 Å². The standard InChI is InChI=1S/C3H9I2P.Mn/c1-6(2,3,4)5;/h1-3H3;. The summed E-state index contributed by atoms with van der Waals surface area (Å²) >= 11 is 5.06. The van der Waals surface area contributed by atoms with Gasteiger partial charge in [-0.15, -0.1) is 0 Å². The summed E-state index contributed by atoms with van der Waals surface area (Å²) in [5.41, 5.74) is 0. The van der Waals surface area contributed by atoms with Crippen molar-refractivity contribution in [3.8, 4) is 0 Å². The molecule has 0 saturated carbocycles. The Morgan fingerprint density at radius 2 is 1.00 bits per heavy atom. The average Bonchev–Trinajstić information content (AvgIpc) is 0.650. The SMILES string of the molecule is CP(C)(C)(I)I.[Mn]. The van der Waals surface area contributed by atoms with E-state index in [1.807, 2.05) is 0 Å². The number of hydrogen-bond acceptors (Lipinski definition) is 0. The minimum atomic E-state index is -1.11. The molecule has 7 heavy (non-hydrogen) atoms. The third-order valence-corrected chi connectivity index (χ3v) is 0. The zero-order chi connectivity index (χ0) is 5.45. The van der Waals surface area contributed by atoms with Gasteiger partial charge >= 0.3 is 66.0 Å². The Morgan fingerprint density at radius 1 is 1.00 bits per heavy atom. The van der Waals surface area contributed by atoms with Crippen LogP contribution in [0.15, 0.2) is 0 Å². The van der Waals surface area contributed by atoms with Gasteiger partial charge in [-0.05, 0) is 0 Å². The molecule has 0 aromatic heterocycles. The summed E-state index contributed by atoms with van der Waals surface area (Å²) in [6, 6.07) is 0. The second-order valence-corrected chi connectivity index (χ2v) is 33.1. The van der Waals surface area contributed by atoms with Gasteiger partial charge in [-0.25, -0.2) is 0 Å². The third kappa shape index (κ3) is 59.5. The molecule has 4 heteroatoms. The molecule has 0 bridgehead atoms. The molecule has 0 aromatic rings. The molecule has 0 atom stereocenters. The smallest absolute Gasteiger partial charge is 0 e. The monoisotopic (exact) mass is 385 g/mol. The van der Waals surface area contributed by atoms with Crippen LogP contribution in [0, 0.1) is 0 Å². The molecule has 0 heterocycles. The number of rotatable bonds is 0. The molecule has 0 aliphatic carbocycles. The molecule has 1 radical (unpaired) electrons. The van der Waals surface area contributed by atoms with E-state index in [0.29, 0.717) is 0 Å². The normalized spacial score (nSPS) is 16.4. The van der Waals surface area contributed by atoms with Crippen molar-refractivity contribution < 1.29 is 17.1 Å². The van der Waals surface area contributed by atoms with Gasteiger partial charge in [0.15, 0.2) is 0 Å². The molecule has 0 amide bonds. The molecule has 0 rings (SSSR count). The van der Waals surface area contributed by atoms with Crippen molar-refractivity contribution in [3.63, 3.8) is 0 Å². The molecular formula is C3H9I2MnP. The molecule has 0 aliphatic heterocycles. The Balaban J connectivity index is 0. The number of halogens is 2. The zero-order valence-corrected chi connectivity index (χ0v) is 11.0. The quantitative estimate of drug-likeness (QED) is 0.342. The Bertz CT molecular complexity index is 46.1. The maximum Gasteiger partial charge on any atom is 0 e. The zero-order valence-electron chi connectivity index (χ0n) is 4.58. The first-order valence-electron chi connectivity index (χ1n) is 1.68. The fraction of sp³-hybridized carbons (Fsp3) is 1.00. The van der Waals surface area contributed by atoms with E-state index in [9.17, 15) is 0 Å². The van der Waals surface area contributed by atoms with E-state index in [1.54, 1.807) is 0 Å². The molecule has 47 valence electrons. The topological polar surface area (TPSA) is 0 Å². The summed E-state index contributed by atoms with van der Waals surface area (Å²) < 4.78 is -1.11. The second-order valence-electron chi connectivity index (χ2n) is 2.42. The van der Waals surface area contributed by atoms with E-state index in [4.69, 9.17) is 0 Å². The maximum atomic E-state index is 2.53. The van der Waals surface area contributed by atoms with Crippen molar-refractivity contribution in [3.05, 3.63) is 0 Å². The predicted octanol–water partition coefficient (Wildman–Crippen LogP) is 3.13. The van der Waals surface area contributed by atoms with Crippen LogP contribution < -0.4 is 0 Å². The summed E-state index contributed by atoms with van der Waals surface area (Å²) in [4.78, 5) is 0. The molecule has 0 unspecified atom stereocenters. The van der Waals surface area contributed by atoms with Crippen molar-refractivity contribution >= 4 is 46.0 Å². The van der Waals surface area contributed by atoms with Crippen molar-refractivity contribution in [2.24, 2.45) is 0 Å². The Morgan fingerprint density at radius 3 is 1.00 bits per heavy atom. The third-order valence-electron chi connectivity index (χ3n) is 0. The van der Waals surface area contributed by atoms with Crippen LogP contribution in [0.3, 0.4) is 0 Å². The minimum absolute atomic E-state index is 0. The molecule has 0 fully saturated rings. The molecule has 0 aliphatic rings. The van der Waals surface area contributed by atoms with Gasteiger partial charge in [-0.2, -0.15) is 0 Å². The van der Waals surface area contributed by atoms with E-state index in [-0.39, 0.29) is 17.1 Å². The molecular weight excluding hydrogens is 376 g/mol. The van der Waals surface area contributed by atoms with E-state index in [1.165, 1.54) is 0 Å². The van der Waals surface area contributed by atoms with Crippen LogP contribution in [0.4, 0.5) is 0 Å². The van der Waals surface area contributed by atoms with Gasteiger partial charge in [0.1, 0.15) is 0 Å². The van der Waals surface area contributed by atoms with Crippen LogP contribution >= 0.6 is 46.0 Å². The first-order valence-corrected chi connectivity index (χ1v) is 10.8.